The van der Waals surface area contributed by atoms with Gasteiger partial charge in [0.15, 0.2) is 6.10 Å². The van der Waals surface area contributed by atoms with E-state index in [9.17, 15) is 22.8 Å². The lowest BCUT2D eigenvalue weighted by Crippen LogP contribution is -2.38. The highest BCUT2D eigenvalue weighted by Gasteiger charge is 2.20. The van der Waals surface area contributed by atoms with Gasteiger partial charge >= 0.3 is 11.9 Å². The second-order valence-electron chi connectivity index (χ2n) is 7.76. The van der Waals surface area contributed by atoms with Crippen molar-refractivity contribution in [2.75, 3.05) is 25.5 Å². The van der Waals surface area contributed by atoms with Crippen LogP contribution in [0.15, 0.2) is 47.4 Å². The Kier molecular flexibility index (Phi) is 9.02. The van der Waals surface area contributed by atoms with Crippen LogP contribution in [0.1, 0.15) is 41.5 Å². The van der Waals surface area contributed by atoms with Crippen LogP contribution in [0.2, 0.25) is 0 Å². The minimum atomic E-state index is -4.08. The number of esters is 2. The Labute approximate surface area is 198 Å². The molecule has 2 aromatic rings. The van der Waals surface area contributed by atoms with Crippen LogP contribution in [0, 0.1) is 5.92 Å². The molecule has 2 rings (SSSR count). The molecule has 2 aromatic carbocycles. The minimum Gasteiger partial charge on any atom is -0.481 e. The van der Waals surface area contributed by atoms with E-state index in [-0.39, 0.29) is 27.6 Å². The van der Waals surface area contributed by atoms with Gasteiger partial charge in [-0.3, -0.25) is 9.52 Å². The van der Waals surface area contributed by atoms with Gasteiger partial charge in [-0.1, -0.05) is 13.8 Å². The maximum absolute atomic E-state index is 12.8. The second kappa shape index (κ2) is 11.5. The van der Waals surface area contributed by atoms with Crippen LogP contribution in [0.25, 0.3) is 0 Å². The van der Waals surface area contributed by atoms with Gasteiger partial charge in [-0.15, -0.1) is 0 Å². The first kappa shape index (κ1) is 26.7. The first-order valence-electron chi connectivity index (χ1n) is 10.4. The Morgan fingerprint density at radius 2 is 1.41 bits per heavy atom. The summed E-state index contributed by atoms with van der Waals surface area (Å²) in [6.07, 6.45) is -0.767. The fourth-order valence-electron chi connectivity index (χ4n) is 2.78. The average Bonchev–Trinajstić information content (AvgIpc) is 2.81. The monoisotopic (exact) mass is 492 g/mol. The number of benzene rings is 2. The van der Waals surface area contributed by atoms with Gasteiger partial charge in [0.2, 0.25) is 0 Å². The standard InChI is InChI=1S/C23H28N2O8S/c1-14(2)13-24-21(26)15(3)33-19-6-8-20(9-7-19)34(29,30)25-18-11-16(22(27)31-4)10-17(12-18)23(28)32-5/h6-12,14-15,25H,13H2,1-5H3,(H,24,26)/t15-/m0/s1. The topological polar surface area (TPSA) is 137 Å². The molecule has 0 fully saturated rings. The molecule has 0 aliphatic heterocycles. The van der Waals surface area contributed by atoms with Crippen molar-refractivity contribution in [1.82, 2.24) is 5.32 Å². The van der Waals surface area contributed by atoms with Crippen molar-refractivity contribution in [3.8, 4) is 5.75 Å². The lowest BCUT2D eigenvalue weighted by molar-refractivity contribution is -0.127. The van der Waals surface area contributed by atoms with Gasteiger partial charge in [-0.2, -0.15) is 0 Å². The van der Waals surface area contributed by atoms with E-state index in [4.69, 9.17) is 4.74 Å². The van der Waals surface area contributed by atoms with Crippen molar-refractivity contribution in [3.05, 3.63) is 53.6 Å². The van der Waals surface area contributed by atoms with Crippen LogP contribution in [0.3, 0.4) is 0 Å². The summed E-state index contributed by atoms with van der Waals surface area (Å²) in [4.78, 5) is 35.8. The zero-order valence-corrected chi connectivity index (χ0v) is 20.4. The minimum absolute atomic E-state index is 0.0286. The largest absolute Gasteiger partial charge is 0.481 e. The van der Waals surface area contributed by atoms with Gasteiger partial charge in [0.1, 0.15) is 5.75 Å². The third kappa shape index (κ3) is 7.20. The SMILES string of the molecule is COC(=O)c1cc(NS(=O)(=O)c2ccc(O[C@@H](C)C(=O)NCC(C)C)cc2)cc(C(=O)OC)c1. The Morgan fingerprint density at radius 1 is 0.882 bits per heavy atom. The van der Waals surface area contributed by atoms with Gasteiger partial charge in [-0.05, 0) is 55.3 Å². The Hall–Kier alpha value is -3.60. The fourth-order valence-corrected chi connectivity index (χ4v) is 3.82. The zero-order chi connectivity index (χ0) is 25.5. The van der Waals surface area contributed by atoms with Crippen molar-refractivity contribution in [1.29, 1.82) is 0 Å². The number of carbonyl (C=O) groups is 3. The molecule has 0 unspecified atom stereocenters. The molecule has 0 aliphatic rings. The highest BCUT2D eigenvalue weighted by atomic mass is 32.2. The van der Waals surface area contributed by atoms with Gasteiger partial charge in [0.05, 0.1) is 35.9 Å². The first-order valence-corrected chi connectivity index (χ1v) is 11.8. The fraction of sp³-hybridized carbons (Fsp3) is 0.348. The van der Waals surface area contributed by atoms with Gasteiger partial charge in [0, 0.05) is 6.54 Å². The Balaban J connectivity index is 2.20. The smallest absolute Gasteiger partial charge is 0.337 e. The van der Waals surface area contributed by atoms with Crippen LogP contribution in [-0.4, -0.2) is 53.1 Å². The Morgan fingerprint density at radius 3 is 1.88 bits per heavy atom. The van der Waals surface area contributed by atoms with E-state index in [0.717, 1.165) is 14.2 Å². The van der Waals surface area contributed by atoms with Crippen LogP contribution in [0.4, 0.5) is 5.69 Å². The number of sulfonamides is 1. The summed E-state index contributed by atoms with van der Waals surface area (Å²) >= 11 is 0. The molecule has 1 amide bonds. The maximum atomic E-state index is 12.8. The summed E-state index contributed by atoms with van der Waals surface area (Å²) in [6, 6.07) is 9.18. The molecule has 34 heavy (non-hydrogen) atoms. The number of rotatable bonds is 10. The highest BCUT2D eigenvalue weighted by Crippen LogP contribution is 2.23. The predicted molar refractivity (Wildman–Crippen MR) is 124 cm³/mol. The summed E-state index contributed by atoms with van der Waals surface area (Å²) in [5.74, 6) is -1.17. The number of ether oxygens (including phenoxy) is 3. The summed E-state index contributed by atoms with van der Waals surface area (Å²) in [7, 11) is -1.76. The van der Waals surface area contributed by atoms with Gasteiger partial charge in [0.25, 0.3) is 15.9 Å². The second-order valence-corrected chi connectivity index (χ2v) is 9.44. The molecule has 0 radical (unpaired) electrons. The van der Waals surface area contributed by atoms with Gasteiger partial charge < -0.3 is 19.5 Å². The molecular weight excluding hydrogens is 464 g/mol. The van der Waals surface area contributed by atoms with E-state index < -0.39 is 28.1 Å². The van der Waals surface area contributed by atoms with E-state index in [1.807, 2.05) is 13.8 Å². The lowest BCUT2D eigenvalue weighted by Gasteiger charge is -2.16. The van der Waals surface area contributed by atoms with Crippen molar-refractivity contribution in [2.45, 2.75) is 31.8 Å². The molecule has 0 bridgehead atoms. The summed E-state index contributed by atoms with van der Waals surface area (Å²) in [5.41, 5.74) is -0.0905. The zero-order valence-electron chi connectivity index (χ0n) is 19.6. The number of anilines is 1. The first-order chi connectivity index (χ1) is 16.0. The molecule has 0 aliphatic carbocycles. The van der Waals surface area contributed by atoms with Crippen molar-refractivity contribution < 1.29 is 37.0 Å². The molecule has 2 N–H and O–H groups in total. The lowest BCUT2D eigenvalue weighted by atomic mass is 10.1. The van der Waals surface area contributed by atoms with E-state index in [1.165, 1.54) is 42.5 Å². The molecule has 184 valence electrons. The number of hydrogen-bond acceptors (Lipinski definition) is 8. The molecule has 1 atom stereocenters. The molecule has 10 nitrogen and oxygen atoms in total. The third-order valence-corrected chi connectivity index (χ3v) is 5.93. The number of nitrogens with one attached hydrogen (secondary N) is 2. The van der Waals surface area contributed by atoms with Crippen molar-refractivity contribution in [2.24, 2.45) is 5.92 Å². The summed E-state index contributed by atoms with van der Waals surface area (Å²) < 4.78 is 42.9. The van der Waals surface area contributed by atoms with E-state index in [0.29, 0.717) is 18.2 Å². The molecule has 0 aromatic heterocycles. The molecular formula is C23H28N2O8S. The molecule has 0 saturated carbocycles. The number of amides is 1. The van der Waals surface area contributed by atoms with Crippen molar-refractivity contribution >= 4 is 33.6 Å². The molecule has 11 heteroatoms. The van der Waals surface area contributed by atoms with E-state index in [2.05, 4.69) is 19.5 Å². The maximum Gasteiger partial charge on any atom is 0.337 e. The van der Waals surface area contributed by atoms with E-state index >= 15 is 0 Å². The molecule has 0 heterocycles. The summed E-state index contributed by atoms with van der Waals surface area (Å²) in [6.45, 7) is 6.06. The average molecular weight is 493 g/mol. The number of carbonyl (C=O) groups excluding carboxylic acids is 3. The number of hydrogen-bond donors (Lipinski definition) is 2. The third-order valence-electron chi connectivity index (χ3n) is 4.53. The van der Waals surface area contributed by atoms with Crippen LogP contribution < -0.4 is 14.8 Å². The predicted octanol–water partition coefficient (Wildman–Crippen LogP) is 2.60. The van der Waals surface area contributed by atoms with Crippen molar-refractivity contribution in [3.63, 3.8) is 0 Å². The number of methoxy groups -OCH3 is 2. The van der Waals surface area contributed by atoms with Crippen LogP contribution >= 0.6 is 0 Å². The molecule has 0 spiro atoms. The normalized spacial score (nSPS) is 11.9. The Bertz CT molecular complexity index is 1110. The molecule has 0 saturated heterocycles. The van der Waals surface area contributed by atoms with Gasteiger partial charge in [-0.25, -0.2) is 18.0 Å². The quantitative estimate of drug-likeness (QED) is 0.483. The van der Waals surface area contributed by atoms with Crippen LogP contribution in [0.5, 0.6) is 5.75 Å². The highest BCUT2D eigenvalue weighted by molar-refractivity contribution is 7.92. The summed E-state index contributed by atoms with van der Waals surface area (Å²) in [5, 5.41) is 2.76. The van der Waals surface area contributed by atoms with E-state index in [1.54, 1.807) is 6.92 Å². The van der Waals surface area contributed by atoms with Crippen LogP contribution in [-0.2, 0) is 24.3 Å².